The van der Waals surface area contributed by atoms with Crippen LogP contribution in [0.15, 0.2) is 18.2 Å². The number of hydrogen-bond acceptors (Lipinski definition) is 5. The minimum atomic E-state index is -0.822. The lowest BCUT2D eigenvalue weighted by molar-refractivity contribution is -0.149. The smallest absolute Gasteiger partial charge is 0.318 e. The summed E-state index contributed by atoms with van der Waals surface area (Å²) in [7, 11) is 1.29. The summed E-state index contributed by atoms with van der Waals surface area (Å²) < 4.78 is 15.9. The van der Waals surface area contributed by atoms with E-state index in [4.69, 9.17) is 14.2 Å². The maximum atomic E-state index is 11.9. The summed E-state index contributed by atoms with van der Waals surface area (Å²) in [5.74, 6) is -0.646. The Kier molecular flexibility index (Phi) is 5.25. The number of hydrogen-bond donors (Lipinski definition) is 1. The second kappa shape index (κ2) is 7.15. The van der Waals surface area contributed by atoms with Gasteiger partial charge in [0.25, 0.3) is 0 Å². The molecule has 1 aromatic rings. The molecule has 2 atom stereocenters. The Morgan fingerprint density at radius 1 is 1.23 bits per heavy atom. The van der Waals surface area contributed by atoms with Gasteiger partial charge in [-0.1, -0.05) is 6.07 Å². The van der Waals surface area contributed by atoms with Gasteiger partial charge in [0.1, 0.15) is 5.92 Å². The van der Waals surface area contributed by atoms with Crippen LogP contribution in [0.4, 0.5) is 0 Å². The summed E-state index contributed by atoms with van der Waals surface area (Å²) in [6.45, 7) is 5.23. The standard InChI is InChI=1S/C16H21NO5/c1-4-21-12-7-6-10(8-13(12)22-5-2)11-9-17-15(18)14(11)16(19)20-3/h6-8,11,14H,4-5,9H2,1-3H3,(H,17,18)/t11-,14+/m0/s1. The number of nitrogens with one attached hydrogen (secondary N) is 1. The normalized spacial score (nSPS) is 20.4. The van der Waals surface area contributed by atoms with E-state index in [-0.39, 0.29) is 11.8 Å². The van der Waals surface area contributed by atoms with Crippen LogP contribution in [-0.2, 0) is 14.3 Å². The molecule has 0 aliphatic carbocycles. The van der Waals surface area contributed by atoms with Crippen molar-refractivity contribution in [3.8, 4) is 11.5 Å². The molecule has 1 saturated heterocycles. The fourth-order valence-electron chi connectivity index (χ4n) is 2.63. The molecule has 1 aliphatic rings. The molecule has 0 aromatic heterocycles. The Morgan fingerprint density at radius 3 is 2.55 bits per heavy atom. The number of ether oxygens (including phenoxy) is 3. The first kappa shape index (κ1) is 16.1. The number of methoxy groups -OCH3 is 1. The third-order valence-electron chi connectivity index (χ3n) is 3.63. The Morgan fingerprint density at radius 2 is 1.91 bits per heavy atom. The molecule has 2 rings (SSSR count). The van der Waals surface area contributed by atoms with Crippen LogP contribution in [-0.4, -0.2) is 38.7 Å². The van der Waals surface area contributed by atoms with Crippen LogP contribution in [0.5, 0.6) is 11.5 Å². The lowest BCUT2D eigenvalue weighted by Crippen LogP contribution is -2.28. The maximum absolute atomic E-state index is 11.9. The van der Waals surface area contributed by atoms with Gasteiger partial charge in [0.2, 0.25) is 5.91 Å². The minimum absolute atomic E-state index is 0.269. The average Bonchev–Trinajstić information content (AvgIpc) is 2.90. The van der Waals surface area contributed by atoms with Crippen molar-refractivity contribution in [1.29, 1.82) is 0 Å². The second-order valence-corrected chi connectivity index (χ2v) is 4.92. The largest absolute Gasteiger partial charge is 0.490 e. The zero-order chi connectivity index (χ0) is 16.1. The number of amides is 1. The van der Waals surface area contributed by atoms with E-state index in [1.165, 1.54) is 7.11 Å². The van der Waals surface area contributed by atoms with Crippen LogP contribution in [0.25, 0.3) is 0 Å². The lowest BCUT2D eigenvalue weighted by Gasteiger charge is -2.18. The molecule has 0 spiro atoms. The highest BCUT2D eigenvalue weighted by Crippen LogP contribution is 2.36. The van der Waals surface area contributed by atoms with E-state index in [0.29, 0.717) is 31.3 Å². The molecule has 6 heteroatoms. The highest BCUT2D eigenvalue weighted by Gasteiger charge is 2.42. The van der Waals surface area contributed by atoms with Crippen molar-refractivity contribution >= 4 is 11.9 Å². The first-order chi connectivity index (χ1) is 10.6. The fraction of sp³-hybridized carbons (Fsp3) is 0.500. The van der Waals surface area contributed by atoms with Crippen LogP contribution < -0.4 is 14.8 Å². The Labute approximate surface area is 129 Å². The van der Waals surface area contributed by atoms with Gasteiger partial charge >= 0.3 is 5.97 Å². The van der Waals surface area contributed by atoms with Gasteiger partial charge in [-0.05, 0) is 31.5 Å². The number of carbonyl (C=O) groups is 2. The molecule has 120 valence electrons. The minimum Gasteiger partial charge on any atom is -0.490 e. The van der Waals surface area contributed by atoms with E-state index >= 15 is 0 Å². The van der Waals surface area contributed by atoms with Gasteiger partial charge in [0.05, 0.1) is 20.3 Å². The number of esters is 1. The summed E-state index contributed by atoms with van der Waals surface area (Å²) in [5, 5.41) is 2.71. The first-order valence-electron chi connectivity index (χ1n) is 7.37. The third kappa shape index (κ3) is 3.16. The van der Waals surface area contributed by atoms with Crippen molar-refractivity contribution in [2.45, 2.75) is 19.8 Å². The molecular formula is C16H21NO5. The van der Waals surface area contributed by atoms with Gasteiger partial charge < -0.3 is 19.5 Å². The van der Waals surface area contributed by atoms with Gasteiger partial charge in [-0.3, -0.25) is 9.59 Å². The van der Waals surface area contributed by atoms with E-state index in [1.54, 1.807) is 6.07 Å². The summed E-state index contributed by atoms with van der Waals surface area (Å²) in [6.07, 6.45) is 0. The molecule has 0 radical (unpaired) electrons. The summed E-state index contributed by atoms with van der Waals surface area (Å²) in [4.78, 5) is 23.7. The molecule has 1 fully saturated rings. The maximum Gasteiger partial charge on any atom is 0.318 e. The van der Waals surface area contributed by atoms with Crippen LogP contribution in [0.3, 0.4) is 0 Å². The van der Waals surface area contributed by atoms with E-state index in [2.05, 4.69) is 5.32 Å². The highest BCUT2D eigenvalue weighted by atomic mass is 16.5. The van der Waals surface area contributed by atoms with Crippen LogP contribution >= 0.6 is 0 Å². The fourth-order valence-corrected chi connectivity index (χ4v) is 2.63. The molecule has 0 bridgehead atoms. The van der Waals surface area contributed by atoms with Gasteiger partial charge in [0, 0.05) is 12.5 Å². The Bertz CT molecular complexity index is 557. The molecular weight excluding hydrogens is 286 g/mol. The number of carbonyl (C=O) groups excluding carboxylic acids is 2. The molecule has 1 amide bonds. The van der Waals surface area contributed by atoms with Crippen molar-refractivity contribution in [3.05, 3.63) is 23.8 Å². The molecule has 1 aromatic carbocycles. The van der Waals surface area contributed by atoms with Gasteiger partial charge in [-0.15, -0.1) is 0 Å². The monoisotopic (exact) mass is 307 g/mol. The first-order valence-corrected chi connectivity index (χ1v) is 7.37. The summed E-state index contributed by atoms with van der Waals surface area (Å²) in [6, 6.07) is 5.49. The highest BCUT2D eigenvalue weighted by molar-refractivity contribution is 6.00. The zero-order valence-corrected chi connectivity index (χ0v) is 13.0. The average molecular weight is 307 g/mol. The topological polar surface area (TPSA) is 73.9 Å². The Hall–Kier alpha value is -2.24. The van der Waals surface area contributed by atoms with Gasteiger partial charge in [-0.25, -0.2) is 0 Å². The molecule has 1 heterocycles. The molecule has 22 heavy (non-hydrogen) atoms. The quantitative estimate of drug-likeness (QED) is 0.636. The van der Waals surface area contributed by atoms with Crippen molar-refractivity contribution < 1.29 is 23.8 Å². The van der Waals surface area contributed by atoms with Crippen molar-refractivity contribution in [1.82, 2.24) is 5.32 Å². The third-order valence-corrected chi connectivity index (χ3v) is 3.63. The lowest BCUT2D eigenvalue weighted by atomic mass is 9.88. The van der Waals surface area contributed by atoms with Crippen molar-refractivity contribution in [2.75, 3.05) is 26.9 Å². The number of benzene rings is 1. The predicted molar refractivity (Wildman–Crippen MR) is 80.0 cm³/mol. The van der Waals surface area contributed by atoms with E-state index in [9.17, 15) is 9.59 Å². The number of rotatable bonds is 6. The molecule has 1 N–H and O–H groups in total. The van der Waals surface area contributed by atoms with E-state index in [1.807, 2.05) is 26.0 Å². The van der Waals surface area contributed by atoms with Crippen LogP contribution in [0, 0.1) is 5.92 Å². The molecule has 0 unspecified atom stereocenters. The predicted octanol–water partition coefficient (Wildman–Crippen LogP) is 1.49. The molecule has 0 saturated carbocycles. The zero-order valence-electron chi connectivity index (χ0n) is 13.0. The van der Waals surface area contributed by atoms with E-state index < -0.39 is 11.9 Å². The molecule has 6 nitrogen and oxygen atoms in total. The SMILES string of the molecule is CCOc1ccc([C@@H]2CNC(=O)[C@@H]2C(=O)OC)cc1OCC. The van der Waals surface area contributed by atoms with Crippen LogP contribution in [0.2, 0.25) is 0 Å². The van der Waals surface area contributed by atoms with Crippen molar-refractivity contribution in [3.63, 3.8) is 0 Å². The van der Waals surface area contributed by atoms with Crippen molar-refractivity contribution in [2.24, 2.45) is 5.92 Å². The second-order valence-electron chi connectivity index (χ2n) is 4.92. The van der Waals surface area contributed by atoms with Gasteiger partial charge in [0.15, 0.2) is 11.5 Å². The Balaban J connectivity index is 2.33. The summed E-state index contributed by atoms with van der Waals surface area (Å²) in [5.41, 5.74) is 0.848. The van der Waals surface area contributed by atoms with Gasteiger partial charge in [-0.2, -0.15) is 0 Å². The molecule has 1 aliphatic heterocycles. The summed E-state index contributed by atoms with van der Waals surface area (Å²) >= 11 is 0. The van der Waals surface area contributed by atoms with E-state index in [0.717, 1.165) is 5.56 Å². The van der Waals surface area contributed by atoms with Crippen LogP contribution in [0.1, 0.15) is 25.3 Å².